The fourth-order valence-electron chi connectivity index (χ4n) is 7.66. The van der Waals surface area contributed by atoms with Crippen molar-refractivity contribution in [2.45, 2.75) is 88.6 Å². The normalized spacial score (nSPS) is 25.7. The lowest BCUT2D eigenvalue weighted by Crippen LogP contribution is -2.51. The molecule has 0 radical (unpaired) electrons. The average Bonchev–Trinajstić information content (AvgIpc) is 4.13. The second-order valence-electron chi connectivity index (χ2n) is 15.8. The Bertz CT molecular complexity index is 1840. The molecule has 0 spiro atoms. The molecule has 5 atom stereocenters. The molecule has 2 aromatic rings. The summed E-state index contributed by atoms with van der Waals surface area (Å²) in [5, 5.41) is 12.1. The molecule has 2 heterocycles. The lowest BCUT2D eigenvalue weighted by molar-refractivity contribution is -0.209. The number of nitrogens with one attached hydrogen (secondary N) is 1. The third-order valence-corrected chi connectivity index (χ3v) is 11.0. The van der Waals surface area contributed by atoms with Crippen LogP contribution in [0.5, 0.6) is 0 Å². The van der Waals surface area contributed by atoms with Crippen LogP contribution in [0.3, 0.4) is 0 Å². The fraction of sp³-hybridized carbons (Fsp3) is 0.500. The summed E-state index contributed by atoms with van der Waals surface area (Å²) in [6, 6.07) is 15.0. The Morgan fingerprint density at radius 2 is 1.67 bits per heavy atom. The maximum Gasteiger partial charge on any atom is 0.348 e. The van der Waals surface area contributed by atoms with Crippen LogP contribution in [0.1, 0.15) is 67.4 Å². The quantitative estimate of drug-likeness (QED) is 0.165. The zero-order valence-electron chi connectivity index (χ0n) is 31.3. The predicted molar refractivity (Wildman–Crippen MR) is 197 cm³/mol. The molecular weight excluding hydrogens is 708 g/mol. The summed E-state index contributed by atoms with van der Waals surface area (Å²) in [4.78, 5) is 67.2. The number of carbonyl (C=O) groups is 5. The third kappa shape index (κ3) is 8.39. The molecule has 0 aromatic heterocycles. The van der Waals surface area contributed by atoms with Crippen molar-refractivity contribution in [1.29, 1.82) is 0 Å². The molecule has 13 nitrogen and oxygen atoms in total. The molecule has 4 fully saturated rings. The highest BCUT2D eigenvalue weighted by Crippen LogP contribution is 2.59. The van der Waals surface area contributed by atoms with Crippen molar-refractivity contribution < 1.29 is 52.8 Å². The average molecular weight is 757 g/mol. The van der Waals surface area contributed by atoms with Crippen LogP contribution in [-0.4, -0.2) is 103 Å². The van der Waals surface area contributed by atoms with Crippen molar-refractivity contribution in [3.05, 3.63) is 89.0 Å². The predicted octanol–water partition coefficient (Wildman–Crippen LogP) is 3.53. The van der Waals surface area contributed by atoms with E-state index < -0.39 is 71.4 Å². The van der Waals surface area contributed by atoms with Gasteiger partial charge in [-0.3, -0.25) is 9.59 Å². The fourth-order valence-corrected chi connectivity index (χ4v) is 7.66. The summed E-state index contributed by atoms with van der Waals surface area (Å²) < 4.78 is 30.0. The number of cyclic esters (lactones) is 1. The molecule has 55 heavy (non-hydrogen) atoms. The summed E-state index contributed by atoms with van der Waals surface area (Å²) in [5.74, 6) is -3.01. The summed E-state index contributed by atoms with van der Waals surface area (Å²) in [6.07, 6.45) is 5.60. The number of esters is 3. The summed E-state index contributed by atoms with van der Waals surface area (Å²) in [7, 11) is 1.58. The highest BCUT2D eigenvalue weighted by atomic mass is 16.8. The number of aliphatic hydroxyl groups excluding tert-OH is 1. The number of amides is 2. The first kappa shape index (κ1) is 38.4. The number of rotatable bonds is 14. The highest BCUT2D eigenvalue weighted by molar-refractivity contribution is 5.97. The third-order valence-electron chi connectivity index (χ3n) is 11.0. The molecule has 2 N–H and O–H groups in total. The van der Waals surface area contributed by atoms with Crippen LogP contribution in [0.15, 0.2) is 72.3 Å². The highest BCUT2D eigenvalue weighted by Gasteiger charge is 2.64. The van der Waals surface area contributed by atoms with Gasteiger partial charge < -0.3 is 39.0 Å². The summed E-state index contributed by atoms with van der Waals surface area (Å²) >= 11 is 0. The van der Waals surface area contributed by atoms with Crippen molar-refractivity contribution in [2.75, 3.05) is 26.8 Å². The first-order valence-electron chi connectivity index (χ1n) is 19.0. The zero-order valence-corrected chi connectivity index (χ0v) is 31.3. The number of fused-ring (bicyclic) bond motifs is 1. The van der Waals surface area contributed by atoms with Gasteiger partial charge in [0.25, 0.3) is 0 Å². The number of hydrogen-bond donors (Lipinski definition) is 2. The number of ether oxygens (including phenoxy) is 5. The Balaban J connectivity index is 1.07. The summed E-state index contributed by atoms with van der Waals surface area (Å²) in [5.41, 5.74) is 1.45. The van der Waals surface area contributed by atoms with E-state index in [1.807, 2.05) is 30.3 Å². The van der Waals surface area contributed by atoms with E-state index in [9.17, 15) is 29.1 Å². The van der Waals surface area contributed by atoms with Crippen LogP contribution in [-0.2, 0) is 49.3 Å². The number of benzene rings is 2. The van der Waals surface area contributed by atoms with Gasteiger partial charge in [0, 0.05) is 55.3 Å². The number of likely N-dealkylation sites (N-methyl/N-ethyl adjacent to an activating group) is 1. The minimum absolute atomic E-state index is 0.0486. The number of hydrogen-bond acceptors (Lipinski definition) is 11. The van der Waals surface area contributed by atoms with E-state index in [2.05, 4.69) is 5.32 Å². The van der Waals surface area contributed by atoms with E-state index >= 15 is 0 Å². The lowest BCUT2D eigenvalue weighted by atomic mass is 9.90. The Hall–Kier alpha value is -4.85. The molecule has 2 aromatic carbocycles. The van der Waals surface area contributed by atoms with Crippen LogP contribution in [0, 0.1) is 17.3 Å². The molecule has 2 saturated carbocycles. The molecule has 13 heteroatoms. The smallest absolute Gasteiger partial charge is 0.348 e. The van der Waals surface area contributed by atoms with Crippen LogP contribution in [0.2, 0.25) is 0 Å². The Morgan fingerprint density at radius 1 is 0.982 bits per heavy atom. The van der Waals surface area contributed by atoms with Crippen molar-refractivity contribution in [3.63, 3.8) is 0 Å². The van der Waals surface area contributed by atoms with E-state index in [1.165, 1.54) is 17.1 Å². The standard InChI is InChI=1S/C42H48N2O11/c1-41(2)24-51-40(50)36(41)53-34(46)18-11-25-9-12-27(13-10-25)39(49)52-32-22-28(23-33-35(32)55-42(54-33,29-14-15-29)30-16-17-30)38(48)44(3)31(37(47)43-19-20-45)21-26-7-5-4-6-8-26/h4-13,18,23,29-33,35-36,45H,14-17,19-22,24H2,1-3H3,(H,43,47). The lowest BCUT2D eigenvalue weighted by Gasteiger charge is -2.33. The van der Waals surface area contributed by atoms with E-state index in [-0.39, 0.29) is 50.0 Å². The van der Waals surface area contributed by atoms with Gasteiger partial charge in [0.1, 0.15) is 31.0 Å². The SMILES string of the molecule is CN(C(=O)C1=CC2OC(C3CC3)(C3CC3)OC2C(OC(=O)c2ccc(C=CC(=O)OC3C(=O)OCC3(C)C)cc2)C1)C(Cc1ccccc1)C(=O)NCCO. The minimum Gasteiger partial charge on any atom is -0.462 e. The first-order chi connectivity index (χ1) is 26.4. The van der Waals surface area contributed by atoms with E-state index in [0.29, 0.717) is 11.1 Å². The van der Waals surface area contributed by atoms with Gasteiger partial charge in [0.2, 0.25) is 17.9 Å². The van der Waals surface area contributed by atoms with Crippen molar-refractivity contribution >= 4 is 35.8 Å². The summed E-state index contributed by atoms with van der Waals surface area (Å²) in [6.45, 7) is 3.54. The molecule has 2 saturated heterocycles. The van der Waals surface area contributed by atoms with E-state index in [1.54, 1.807) is 51.2 Å². The van der Waals surface area contributed by atoms with Gasteiger partial charge in [-0.2, -0.15) is 0 Å². The monoisotopic (exact) mass is 756 g/mol. The van der Waals surface area contributed by atoms with Gasteiger partial charge in [0.05, 0.1) is 12.2 Å². The van der Waals surface area contributed by atoms with Crippen LogP contribution >= 0.6 is 0 Å². The van der Waals surface area contributed by atoms with Gasteiger partial charge in [-0.25, -0.2) is 14.4 Å². The molecule has 0 bridgehead atoms. The molecule has 7 rings (SSSR count). The molecule has 292 valence electrons. The van der Waals surface area contributed by atoms with E-state index in [4.69, 9.17) is 23.7 Å². The minimum atomic E-state index is -0.993. The molecule has 2 aliphatic heterocycles. The second kappa shape index (κ2) is 15.7. The molecule has 3 aliphatic carbocycles. The van der Waals surface area contributed by atoms with Crippen LogP contribution in [0.4, 0.5) is 0 Å². The molecule has 5 aliphatic rings. The second-order valence-corrected chi connectivity index (χ2v) is 15.8. The Labute approximate surface area is 320 Å². The van der Waals surface area contributed by atoms with Crippen molar-refractivity contribution in [2.24, 2.45) is 17.3 Å². The molecule has 5 unspecified atom stereocenters. The largest absolute Gasteiger partial charge is 0.462 e. The molecular formula is C42H48N2O11. The first-order valence-corrected chi connectivity index (χ1v) is 19.0. The van der Waals surface area contributed by atoms with Gasteiger partial charge in [-0.1, -0.05) is 56.3 Å². The topological polar surface area (TPSA) is 167 Å². The van der Waals surface area contributed by atoms with Gasteiger partial charge >= 0.3 is 17.9 Å². The van der Waals surface area contributed by atoms with Crippen molar-refractivity contribution in [3.8, 4) is 0 Å². The number of nitrogens with zero attached hydrogens (tertiary/aromatic N) is 1. The Kier molecular flexibility index (Phi) is 11.0. The Morgan fingerprint density at radius 3 is 2.29 bits per heavy atom. The van der Waals surface area contributed by atoms with Crippen LogP contribution in [0.25, 0.3) is 6.08 Å². The maximum absolute atomic E-state index is 14.3. The number of aliphatic hydroxyl groups is 1. The molecule has 2 amide bonds. The van der Waals surface area contributed by atoms with Crippen molar-refractivity contribution in [1.82, 2.24) is 10.2 Å². The van der Waals surface area contributed by atoms with E-state index in [0.717, 1.165) is 31.2 Å². The van der Waals surface area contributed by atoms with Gasteiger partial charge in [0.15, 0.2) is 5.79 Å². The van der Waals surface area contributed by atoms with Crippen LogP contribution < -0.4 is 5.32 Å². The number of carbonyl (C=O) groups excluding carboxylic acids is 5. The maximum atomic E-state index is 14.3. The van der Waals surface area contributed by atoms with Gasteiger partial charge in [-0.15, -0.1) is 0 Å². The zero-order chi connectivity index (χ0) is 38.9. The van der Waals surface area contributed by atoms with Gasteiger partial charge in [-0.05, 0) is 61.1 Å².